The first-order valence-corrected chi connectivity index (χ1v) is 6.54. The second kappa shape index (κ2) is 4.68. The molecule has 1 aliphatic heterocycles. The minimum atomic E-state index is -0.0160. The van der Waals surface area contributed by atoms with E-state index >= 15 is 0 Å². The lowest BCUT2D eigenvalue weighted by atomic mass is 10.2. The van der Waals surface area contributed by atoms with Crippen molar-refractivity contribution in [1.29, 1.82) is 0 Å². The average molecular weight is 250 g/mol. The first kappa shape index (κ1) is 11.6. The van der Waals surface area contributed by atoms with Gasteiger partial charge in [-0.1, -0.05) is 0 Å². The van der Waals surface area contributed by atoms with Gasteiger partial charge in [0.1, 0.15) is 6.10 Å². The van der Waals surface area contributed by atoms with Crippen LogP contribution in [-0.2, 0) is 9.53 Å². The van der Waals surface area contributed by atoms with E-state index in [4.69, 9.17) is 4.74 Å². The van der Waals surface area contributed by atoms with Crippen molar-refractivity contribution >= 4 is 5.91 Å². The molecule has 0 aromatic carbocycles. The molecule has 1 saturated carbocycles. The van der Waals surface area contributed by atoms with Gasteiger partial charge in [-0.15, -0.1) is 0 Å². The molecule has 2 heterocycles. The maximum atomic E-state index is 10.8. The van der Waals surface area contributed by atoms with E-state index in [1.54, 1.807) is 0 Å². The summed E-state index contributed by atoms with van der Waals surface area (Å²) in [5.74, 6) is 2.31. The van der Waals surface area contributed by atoms with Gasteiger partial charge in [-0.2, -0.15) is 5.10 Å². The molecular weight excluding hydrogens is 232 g/mol. The summed E-state index contributed by atoms with van der Waals surface area (Å²) in [4.78, 5) is 15.3. The number of carbonyl (C=O) groups is 1. The molecule has 0 unspecified atom stereocenters. The van der Waals surface area contributed by atoms with E-state index < -0.39 is 0 Å². The Bertz CT molecular complexity index is 441. The average Bonchev–Trinajstić information content (AvgIpc) is 2.92. The van der Waals surface area contributed by atoms with Crippen LogP contribution in [0.3, 0.4) is 0 Å². The Morgan fingerprint density at radius 1 is 1.44 bits per heavy atom. The molecule has 98 valence electrons. The predicted molar refractivity (Wildman–Crippen MR) is 63.9 cm³/mol. The summed E-state index contributed by atoms with van der Waals surface area (Å²) in [7, 11) is 0. The zero-order valence-corrected chi connectivity index (χ0v) is 10.5. The summed E-state index contributed by atoms with van der Waals surface area (Å²) in [5.41, 5.74) is 0. The molecule has 6 nitrogen and oxygen atoms in total. The Kier molecular flexibility index (Phi) is 3.03. The van der Waals surface area contributed by atoms with E-state index in [0.29, 0.717) is 12.5 Å². The monoisotopic (exact) mass is 250 g/mol. The van der Waals surface area contributed by atoms with Crippen molar-refractivity contribution in [3.8, 4) is 0 Å². The summed E-state index contributed by atoms with van der Waals surface area (Å²) in [6.45, 7) is 2.10. The molecule has 1 amide bonds. The number of rotatable bonds is 4. The fraction of sp³-hybridized carbons (Fsp3) is 0.750. The number of H-pyrrole nitrogens is 1. The number of carbonyl (C=O) groups excluding carboxylic acids is 1. The van der Waals surface area contributed by atoms with Crippen LogP contribution in [0.4, 0.5) is 0 Å². The third-order valence-electron chi connectivity index (χ3n) is 3.45. The molecule has 1 aliphatic carbocycles. The van der Waals surface area contributed by atoms with Gasteiger partial charge in [0, 0.05) is 19.4 Å². The highest BCUT2D eigenvalue weighted by molar-refractivity contribution is 5.72. The van der Waals surface area contributed by atoms with Crippen LogP contribution >= 0.6 is 0 Å². The van der Waals surface area contributed by atoms with Gasteiger partial charge in [-0.3, -0.25) is 9.89 Å². The highest BCUT2D eigenvalue weighted by atomic mass is 16.5. The molecular formula is C12H18N4O2. The normalized spacial score (nSPS) is 27.4. The summed E-state index contributed by atoms with van der Waals surface area (Å²) in [6.07, 6.45) is 4.38. The predicted octanol–water partition coefficient (Wildman–Crippen LogP) is 1.04. The fourth-order valence-electron chi connectivity index (χ4n) is 2.27. The highest BCUT2D eigenvalue weighted by Crippen LogP contribution is 2.39. The van der Waals surface area contributed by atoms with Crippen LogP contribution in [-0.4, -0.2) is 33.7 Å². The van der Waals surface area contributed by atoms with Crippen LogP contribution in [0.25, 0.3) is 0 Å². The van der Waals surface area contributed by atoms with Crippen molar-refractivity contribution in [2.24, 2.45) is 0 Å². The van der Waals surface area contributed by atoms with E-state index in [0.717, 1.165) is 24.5 Å². The van der Waals surface area contributed by atoms with E-state index in [1.165, 1.54) is 19.8 Å². The second-order valence-corrected chi connectivity index (χ2v) is 5.11. The lowest BCUT2D eigenvalue weighted by Crippen LogP contribution is -2.29. The molecule has 0 spiro atoms. The number of nitrogens with one attached hydrogen (secondary N) is 2. The summed E-state index contributed by atoms with van der Waals surface area (Å²) >= 11 is 0. The number of aromatic amines is 1. The van der Waals surface area contributed by atoms with Crippen molar-refractivity contribution in [3.05, 3.63) is 11.6 Å². The fourth-order valence-corrected chi connectivity index (χ4v) is 2.27. The maximum absolute atomic E-state index is 10.8. The first-order chi connectivity index (χ1) is 8.72. The highest BCUT2D eigenvalue weighted by Gasteiger charge is 2.32. The Morgan fingerprint density at radius 2 is 2.28 bits per heavy atom. The Morgan fingerprint density at radius 3 is 3.00 bits per heavy atom. The lowest BCUT2D eigenvalue weighted by molar-refractivity contribution is -0.119. The molecule has 2 atom stereocenters. The van der Waals surface area contributed by atoms with Gasteiger partial charge in [0.15, 0.2) is 11.6 Å². The standard InChI is InChI=1S/C12H18N4O2/c1-7(17)13-6-9-4-5-10(18-9)12-14-11(15-16-12)8-2-3-8/h8-10H,2-6H2,1H3,(H,13,17)(H,14,15,16)/t9-,10+/m1/s1. The third-order valence-corrected chi connectivity index (χ3v) is 3.45. The lowest BCUT2D eigenvalue weighted by Gasteiger charge is -2.11. The summed E-state index contributed by atoms with van der Waals surface area (Å²) in [6, 6.07) is 0. The number of hydrogen-bond acceptors (Lipinski definition) is 4. The Labute approximate surface area is 106 Å². The van der Waals surface area contributed by atoms with Gasteiger partial charge in [-0.05, 0) is 25.7 Å². The minimum Gasteiger partial charge on any atom is -0.365 e. The van der Waals surface area contributed by atoms with E-state index in [-0.39, 0.29) is 18.1 Å². The first-order valence-electron chi connectivity index (χ1n) is 6.54. The van der Waals surface area contributed by atoms with Crippen LogP contribution in [0, 0.1) is 0 Å². The van der Waals surface area contributed by atoms with Gasteiger partial charge in [0.2, 0.25) is 5.91 Å². The molecule has 0 bridgehead atoms. The minimum absolute atomic E-state index is 0.00348. The molecule has 2 fully saturated rings. The SMILES string of the molecule is CC(=O)NC[C@H]1CC[C@@H](c2nc(C3CC3)n[nH]2)O1. The smallest absolute Gasteiger partial charge is 0.216 e. The number of aromatic nitrogens is 3. The maximum Gasteiger partial charge on any atom is 0.216 e. The van der Waals surface area contributed by atoms with Gasteiger partial charge in [0.25, 0.3) is 0 Å². The number of hydrogen-bond donors (Lipinski definition) is 2. The number of nitrogens with zero attached hydrogens (tertiary/aromatic N) is 2. The van der Waals surface area contributed by atoms with E-state index in [9.17, 15) is 4.79 Å². The molecule has 18 heavy (non-hydrogen) atoms. The van der Waals surface area contributed by atoms with Gasteiger partial charge >= 0.3 is 0 Å². The van der Waals surface area contributed by atoms with Gasteiger partial charge in [0.05, 0.1) is 6.10 Å². The second-order valence-electron chi connectivity index (χ2n) is 5.11. The van der Waals surface area contributed by atoms with E-state index in [1.807, 2.05) is 0 Å². The molecule has 6 heteroatoms. The van der Waals surface area contributed by atoms with Crippen molar-refractivity contribution in [2.45, 2.75) is 50.7 Å². The van der Waals surface area contributed by atoms with Crippen LogP contribution < -0.4 is 5.32 Å². The molecule has 1 saturated heterocycles. The molecule has 1 aromatic rings. The quantitative estimate of drug-likeness (QED) is 0.836. The molecule has 2 N–H and O–H groups in total. The Hall–Kier alpha value is -1.43. The van der Waals surface area contributed by atoms with Crippen molar-refractivity contribution < 1.29 is 9.53 Å². The molecule has 1 aromatic heterocycles. The molecule has 0 radical (unpaired) electrons. The van der Waals surface area contributed by atoms with E-state index in [2.05, 4.69) is 20.5 Å². The topological polar surface area (TPSA) is 79.9 Å². The van der Waals surface area contributed by atoms with Crippen molar-refractivity contribution in [1.82, 2.24) is 20.5 Å². The largest absolute Gasteiger partial charge is 0.365 e. The number of ether oxygens (including phenoxy) is 1. The van der Waals surface area contributed by atoms with Gasteiger partial charge < -0.3 is 10.1 Å². The molecule has 3 rings (SSSR count). The van der Waals surface area contributed by atoms with Crippen molar-refractivity contribution in [3.63, 3.8) is 0 Å². The molecule has 2 aliphatic rings. The zero-order chi connectivity index (χ0) is 12.5. The third kappa shape index (κ3) is 2.53. The Balaban J connectivity index is 1.55. The van der Waals surface area contributed by atoms with Crippen LogP contribution in [0.5, 0.6) is 0 Å². The summed E-state index contributed by atoms with van der Waals surface area (Å²) in [5, 5.41) is 10.00. The number of amides is 1. The van der Waals surface area contributed by atoms with Crippen LogP contribution in [0.2, 0.25) is 0 Å². The van der Waals surface area contributed by atoms with Crippen LogP contribution in [0.1, 0.15) is 56.3 Å². The summed E-state index contributed by atoms with van der Waals surface area (Å²) < 4.78 is 5.86. The zero-order valence-electron chi connectivity index (χ0n) is 10.5. The van der Waals surface area contributed by atoms with Crippen molar-refractivity contribution in [2.75, 3.05) is 6.54 Å². The van der Waals surface area contributed by atoms with Gasteiger partial charge in [-0.25, -0.2) is 4.98 Å². The van der Waals surface area contributed by atoms with Crippen LogP contribution in [0.15, 0.2) is 0 Å².